The van der Waals surface area contributed by atoms with Gasteiger partial charge in [-0.3, -0.25) is 0 Å². The summed E-state index contributed by atoms with van der Waals surface area (Å²) in [6, 6.07) is 7.51. The summed E-state index contributed by atoms with van der Waals surface area (Å²) in [6.45, 7) is 3.93. The second-order valence-electron chi connectivity index (χ2n) is 5.13. The standard InChI is InChI=1S/C16H18F3N3O/c1-4-9-23-14-13(16(17,18)19)10-20-15(21-14)22(3)12-7-5-11(2)6-8-12/h5-8,10H,4,9H2,1-3H3. The monoisotopic (exact) mass is 325 g/mol. The smallest absolute Gasteiger partial charge is 0.423 e. The molecule has 7 heteroatoms. The lowest BCUT2D eigenvalue weighted by Gasteiger charge is -2.19. The molecule has 124 valence electrons. The number of aryl methyl sites for hydroxylation is 1. The molecule has 0 spiro atoms. The molecule has 0 atom stereocenters. The zero-order chi connectivity index (χ0) is 17.0. The molecule has 0 fully saturated rings. The first-order valence-electron chi connectivity index (χ1n) is 7.20. The lowest BCUT2D eigenvalue weighted by molar-refractivity contribution is -0.139. The Balaban J connectivity index is 2.37. The van der Waals surface area contributed by atoms with Crippen molar-refractivity contribution in [2.24, 2.45) is 0 Å². The Hall–Kier alpha value is -2.31. The molecular weight excluding hydrogens is 307 g/mol. The molecule has 1 heterocycles. The number of halogens is 3. The minimum Gasteiger partial charge on any atom is -0.477 e. The van der Waals surface area contributed by atoms with Gasteiger partial charge >= 0.3 is 6.18 Å². The van der Waals surface area contributed by atoms with Crippen LogP contribution < -0.4 is 9.64 Å². The van der Waals surface area contributed by atoms with Gasteiger partial charge in [0, 0.05) is 18.9 Å². The number of hydrogen-bond acceptors (Lipinski definition) is 4. The van der Waals surface area contributed by atoms with Crippen LogP contribution in [0.25, 0.3) is 0 Å². The number of rotatable bonds is 5. The number of benzene rings is 1. The molecule has 0 N–H and O–H groups in total. The molecular formula is C16H18F3N3O. The van der Waals surface area contributed by atoms with Gasteiger partial charge in [-0.1, -0.05) is 24.6 Å². The van der Waals surface area contributed by atoms with Crippen molar-refractivity contribution in [1.82, 2.24) is 9.97 Å². The van der Waals surface area contributed by atoms with Crippen LogP contribution >= 0.6 is 0 Å². The third-order valence-electron chi connectivity index (χ3n) is 3.21. The van der Waals surface area contributed by atoms with Crippen molar-refractivity contribution < 1.29 is 17.9 Å². The van der Waals surface area contributed by atoms with E-state index in [-0.39, 0.29) is 12.6 Å². The van der Waals surface area contributed by atoms with Gasteiger partial charge in [-0.15, -0.1) is 0 Å². The average Bonchev–Trinajstić information content (AvgIpc) is 2.51. The number of hydrogen-bond donors (Lipinski definition) is 0. The van der Waals surface area contributed by atoms with Crippen molar-refractivity contribution in [3.05, 3.63) is 41.6 Å². The van der Waals surface area contributed by atoms with Crippen LogP contribution in [-0.4, -0.2) is 23.6 Å². The van der Waals surface area contributed by atoms with Crippen LogP contribution in [0.1, 0.15) is 24.5 Å². The second-order valence-corrected chi connectivity index (χ2v) is 5.13. The summed E-state index contributed by atoms with van der Waals surface area (Å²) >= 11 is 0. The van der Waals surface area contributed by atoms with Crippen molar-refractivity contribution in [2.75, 3.05) is 18.6 Å². The SMILES string of the molecule is CCCOc1nc(N(C)c2ccc(C)cc2)ncc1C(F)(F)F. The van der Waals surface area contributed by atoms with Crippen molar-refractivity contribution in [3.63, 3.8) is 0 Å². The van der Waals surface area contributed by atoms with E-state index < -0.39 is 17.6 Å². The van der Waals surface area contributed by atoms with Gasteiger partial charge in [0.2, 0.25) is 11.8 Å². The van der Waals surface area contributed by atoms with Crippen LogP contribution in [0.4, 0.5) is 24.8 Å². The molecule has 0 radical (unpaired) electrons. The Labute approximate surface area is 132 Å². The highest BCUT2D eigenvalue weighted by molar-refractivity contribution is 5.57. The Kier molecular flexibility index (Phi) is 5.08. The molecule has 0 saturated carbocycles. The summed E-state index contributed by atoms with van der Waals surface area (Å²) in [5.74, 6) is -0.295. The highest BCUT2D eigenvalue weighted by atomic mass is 19.4. The zero-order valence-electron chi connectivity index (χ0n) is 13.2. The highest BCUT2D eigenvalue weighted by Gasteiger charge is 2.36. The molecule has 0 saturated heterocycles. The number of nitrogens with zero attached hydrogens (tertiary/aromatic N) is 3. The Bertz CT molecular complexity index is 657. The van der Waals surface area contributed by atoms with E-state index in [1.165, 1.54) is 0 Å². The minimum atomic E-state index is -4.55. The molecule has 1 aromatic carbocycles. The third kappa shape index (κ3) is 4.12. The third-order valence-corrected chi connectivity index (χ3v) is 3.21. The van der Waals surface area contributed by atoms with Crippen molar-refractivity contribution in [1.29, 1.82) is 0 Å². The van der Waals surface area contributed by atoms with Gasteiger partial charge in [0.05, 0.1) is 6.61 Å². The lowest BCUT2D eigenvalue weighted by Crippen LogP contribution is -2.17. The summed E-state index contributed by atoms with van der Waals surface area (Å²) in [5, 5.41) is 0. The van der Waals surface area contributed by atoms with Gasteiger partial charge in [0.15, 0.2) is 0 Å². The van der Waals surface area contributed by atoms with Gasteiger partial charge in [0.1, 0.15) is 5.56 Å². The summed E-state index contributed by atoms with van der Waals surface area (Å²) in [7, 11) is 1.69. The van der Waals surface area contributed by atoms with Gasteiger partial charge in [-0.25, -0.2) is 4.98 Å². The first-order chi connectivity index (χ1) is 10.8. The summed E-state index contributed by atoms with van der Waals surface area (Å²) in [4.78, 5) is 9.38. The van der Waals surface area contributed by atoms with Crippen LogP contribution in [0.3, 0.4) is 0 Å². The fourth-order valence-corrected chi connectivity index (χ4v) is 1.91. The van der Waals surface area contributed by atoms with E-state index in [1.807, 2.05) is 38.1 Å². The Morgan fingerprint density at radius 1 is 1.17 bits per heavy atom. The maximum Gasteiger partial charge on any atom is 0.423 e. The van der Waals surface area contributed by atoms with Crippen molar-refractivity contribution >= 4 is 11.6 Å². The minimum absolute atomic E-state index is 0.146. The van der Waals surface area contributed by atoms with E-state index in [0.29, 0.717) is 6.42 Å². The van der Waals surface area contributed by atoms with E-state index >= 15 is 0 Å². The largest absolute Gasteiger partial charge is 0.477 e. The first kappa shape index (κ1) is 17.1. The fourth-order valence-electron chi connectivity index (χ4n) is 1.91. The number of alkyl halides is 3. The molecule has 4 nitrogen and oxygen atoms in total. The Morgan fingerprint density at radius 2 is 1.83 bits per heavy atom. The molecule has 2 aromatic rings. The number of ether oxygens (including phenoxy) is 1. The molecule has 0 bridgehead atoms. The molecule has 0 amide bonds. The van der Waals surface area contributed by atoms with Crippen molar-refractivity contribution in [3.8, 4) is 5.88 Å². The molecule has 0 aliphatic heterocycles. The van der Waals surface area contributed by atoms with E-state index in [9.17, 15) is 13.2 Å². The fraction of sp³-hybridized carbons (Fsp3) is 0.375. The summed E-state index contributed by atoms with van der Waals surface area (Å²) in [5.41, 5.74) is 0.895. The van der Waals surface area contributed by atoms with Crippen LogP contribution in [0.2, 0.25) is 0 Å². The van der Waals surface area contributed by atoms with E-state index in [4.69, 9.17) is 4.74 Å². The predicted octanol–water partition coefficient (Wildman–Crippen LogP) is 4.36. The maximum absolute atomic E-state index is 13.0. The second kappa shape index (κ2) is 6.85. The molecule has 0 aliphatic rings. The van der Waals surface area contributed by atoms with Gasteiger partial charge < -0.3 is 9.64 Å². The summed E-state index contributed by atoms with van der Waals surface area (Å²) in [6.07, 6.45) is -3.20. The van der Waals surface area contributed by atoms with E-state index in [2.05, 4.69) is 9.97 Å². The van der Waals surface area contributed by atoms with Gasteiger partial charge in [-0.2, -0.15) is 18.2 Å². The molecule has 0 aliphatic carbocycles. The lowest BCUT2D eigenvalue weighted by atomic mass is 10.2. The maximum atomic E-state index is 13.0. The van der Waals surface area contributed by atoms with Crippen LogP contribution in [-0.2, 0) is 6.18 Å². The van der Waals surface area contributed by atoms with Gasteiger partial charge in [0.25, 0.3) is 0 Å². The number of aromatic nitrogens is 2. The topological polar surface area (TPSA) is 38.2 Å². The van der Waals surface area contributed by atoms with Crippen LogP contribution in [0, 0.1) is 6.92 Å². The number of anilines is 2. The van der Waals surface area contributed by atoms with E-state index in [1.54, 1.807) is 11.9 Å². The molecule has 0 unspecified atom stereocenters. The quantitative estimate of drug-likeness (QED) is 0.818. The molecule has 1 aromatic heterocycles. The van der Waals surface area contributed by atoms with Gasteiger partial charge in [-0.05, 0) is 25.5 Å². The predicted molar refractivity (Wildman–Crippen MR) is 82.1 cm³/mol. The van der Waals surface area contributed by atoms with Crippen LogP contribution in [0.15, 0.2) is 30.5 Å². The summed E-state index contributed by atoms with van der Waals surface area (Å²) < 4.78 is 44.2. The molecule has 23 heavy (non-hydrogen) atoms. The normalized spacial score (nSPS) is 11.4. The van der Waals surface area contributed by atoms with Crippen molar-refractivity contribution in [2.45, 2.75) is 26.4 Å². The Morgan fingerprint density at radius 3 is 2.39 bits per heavy atom. The van der Waals surface area contributed by atoms with E-state index in [0.717, 1.165) is 17.4 Å². The molecule has 2 rings (SSSR count). The zero-order valence-corrected chi connectivity index (χ0v) is 13.2. The highest BCUT2D eigenvalue weighted by Crippen LogP contribution is 2.36. The average molecular weight is 325 g/mol. The van der Waals surface area contributed by atoms with Crippen LogP contribution in [0.5, 0.6) is 5.88 Å². The first-order valence-corrected chi connectivity index (χ1v) is 7.20.